The molecule has 0 unspecified atom stereocenters. The zero-order chi connectivity index (χ0) is 8.67. The minimum atomic E-state index is 0.694. The van der Waals surface area contributed by atoms with Crippen molar-refractivity contribution in [2.45, 2.75) is 38.1 Å². The average Bonchev–Trinajstić information content (AvgIpc) is 2.83. The Bertz CT molecular complexity index is 331. The van der Waals surface area contributed by atoms with Gasteiger partial charge in [-0.25, -0.2) is 9.97 Å². The monoisotopic (exact) mass is 175 g/mol. The molecule has 3 nitrogen and oxygen atoms in total. The van der Waals surface area contributed by atoms with Gasteiger partial charge in [-0.15, -0.1) is 0 Å². The van der Waals surface area contributed by atoms with Crippen LogP contribution >= 0.6 is 0 Å². The molecule has 0 bridgehead atoms. The van der Waals surface area contributed by atoms with Gasteiger partial charge in [0.05, 0.1) is 0 Å². The fraction of sp³-hybridized carbons (Fsp3) is 0.600. The van der Waals surface area contributed by atoms with E-state index in [1.54, 1.807) is 6.33 Å². The van der Waals surface area contributed by atoms with Crippen molar-refractivity contribution in [3.05, 3.63) is 17.6 Å². The normalized spacial score (nSPS) is 20.0. The van der Waals surface area contributed by atoms with E-state index in [1.165, 1.54) is 30.5 Å². The summed E-state index contributed by atoms with van der Waals surface area (Å²) in [5.74, 6) is 1.10. The van der Waals surface area contributed by atoms with E-state index in [9.17, 15) is 0 Å². The van der Waals surface area contributed by atoms with Crippen LogP contribution in [0.1, 0.15) is 30.5 Å². The Hall–Kier alpha value is -1.12. The number of rotatable bonds is 2. The standard InChI is InChI=1S/C10H13N3/c1-2-8-9(3-1)11-6-12-10(8)13-7-4-5-7/h6-7H,1-5H2,(H,11,12,13). The SMILES string of the molecule is c1nc2c(c(NC3CC3)n1)CCC2. The Kier molecular flexibility index (Phi) is 1.51. The molecule has 0 aromatic carbocycles. The molecular weight excluding hydrogens is 162 g/mol. The fourth-order valence-electron chi connectivity index (χ4n) is 1.90. The van der Waals surface area contributed by atoms with Gasteiger partial charge in [0, 0.05) is 17.3 Å². The number of nitrogens with one attached hydrogen (secondary N) is 1. The maximum Gasteiger partial charge on any atom is 0.133 e. The van der Waals surface area contributed by atoms with Gasteiger partial charge in [-0.1, -0.05) is 0 Å². The third-order valence-electron chi connectivity index (χ3n) is 2.79. The molecule has 1 N–H and O–H groups in total. The Morgan fingerprint density at radius 3 is 3.00 bits per heavy atom. The summed E-state index contributed by atoms with van der Waals surface area (Å²) in [7, 11) is 0. The van der Waals surface area contributed by atoms with Crippen molar-refractivity contribution in [3.63, 3.8) is 0 Å². The third-order valence-corrected chi connectivity index (χ3v) is 2.79. The van der Waals surface area contributed by atoms with Crippen LogP contribution in [-0.4, -0.2) is 16.0 Å². The molecule has 68 valence electrons. The Morgan fingerprint density at radius 1 is 1.23 bits per heavy atom. The Labute approximate surface area is 77.6 Å². The lowest BCUT2D eigenvalue weighted by atomic mass is 10.2. The van der Waals surface area contributed by atoms with E-state index in [1.807, 2.05) is 0 Å². The summed E-state index contributed by atoms with van der Waals surface area (Å²) in [6, 6.07) is 0.694. The lowest BCUT2D eigenvalue weighted by Crippen LogP contribution is -2.06. The van der Waals surface area contributed by atoms with Crippen molar-refractivity contribution in [2.24, 2.45) is 0 Å². The lowest BCUT2D eigenvalue weighted by Gasteiger charge is -2.07. The first kappa shape index (κ1) is 7.30. The second kappa shape index (κ2) is 2.69. The van der Waals surface area contributed by atoms with E-state index >= 15 is 0 Å². The molecule has 0 saturated heterocycles. The zero-order valence-electron chi connectivity index (χ0n) is 7.58. The van der Waals surface area contributed by atoms with E-state index in [0.29, 0.717) is 6.04 Å². The van der Waals surface area contributed by atoms with Gasteiger partial charge in [0.2, 0.25) is 0 Å². The topological polar surface area (TPSA) is 37.8 Å². The molecule has 0 atom stereocenters. The van der Waals surface area contributed by atoms with Crippen LogP contribution in [0.4, 0.5) is 5.82 Å². The Balaban J connectivity index is 1.94. The van der Waals surface area contributed by atoms with E-state index in [0.717, 1.165) is 18.7 Å². The molecule has 1 aromatic heterocycles. The largest absolute Gasteiger partial charge is 0.367 e. The van der Waals surface area contributed by atoms with Crippen LogP contribution in [0.2, 0.25) is 0 Å². The molecule has 1 aromatic rings. The first-order valence-corrected chi connectivity index (χ1v) is 5.03. The average molecular weight is 175 g/mol. The zero-order valence-corrected chi connectivity index (χ0v) is 7.58. The molecule has 0 aliphatic heterocycles. The maximum absolute atomic E-state index is 4.31. The van der Waals surface area contributed by atoms with Gasteiger partial charge < -0.3 is 5.32 Å². The summed E-state index contributed by atoms with van der Waals surface area (Å²) in [5, 5.41) is 3.47. The minimum absolute atomic E-state index is 0.694. The van der Waals surface area contributed by atoms with Crippen molar-refractivity contribution in [1.29, 1.82) is 0 Å². The van der Waals surface area contributed by atoms with Gasteiger partial charge in [-0.2, -0.15) is 0 Å². The molecule has 13 heavy (non-hydrogen) atoms. The van der Waals surface area contributed by atoms with Gasteiger partial charge >= 0.3 is 0 Å². The smallest absolute Gasteiger partial charge is 0.133 e. The summed E-state index contributed by atoms with van der Waals surface area (Å²) < 4.78 is 0. The van der Waals surface area contributed by atoms with Crippen LogP contribution in [0.5, 0.6) is 0 Å². The number of nitrogens with zero attached hydrogens (tertiary/aromatic N) is 2. The first-order valence-electron chi connectivity index (χ1n) is 5.03. The third kappa shape index (κ3) is 1.28. The molecule has 3 rings (SSSR count). The highest BCUT2D eigenvalue weighted by atomic mass is 15.1. The predicted molar refractivity (Wildman–Crippen MR) is 50.7 cm³/mol. The van der Waals surface area contributed by atoms with E-state index in [4.69, 9.17) is 0 Å². The van der Waals surface area contributed by atoms with Crippen molar-refractivity contribution >= 4 is 5.82 Å². The van der Waals surface area contributed by atoms with Crippen molar-refractivity contribution < 1.29 is 0 Å². The van der Waals surface area contributed by atoms with E-state index in [-0.39, 0.29) is 0 Å². The lowest BCUT2D eigenvalue weighted by molar-refractivity contribution is 0.899. The summed E-state index contributed by atoms with van der Waals surface area (Å²) in [6.45, 7) is 0. The molecule has 1 saturated carbocycles. The van der Waals surface area contributed by atoms with Crippen LogP contribution < -0.4 is 5.32 Å². The number of anilines is 1. The molecule has 1 fully saturated rings. The molecule has 0 spiro atoms. The van der Waals surface area contributed by atoms with Gasteiger partial charge in [0.25, 0.3) is 0 Å². The van der Waals surface area contributed by atoms with Crippen LogP contribution in [0.25, 0.3) is 0 Å². The van der Waals surface area contributed by atoms with Crippen molar-refractivity contribution in [2.75, 3.05) is 5.32 Å². The van der Waals surface area contributed by atoms with E-state index < -0.39 is 0 Å². The molecule has 2 aliphatic carbocycles. The second-order valence-electron chi connectivity index (χ2n) is 3.92. The summed E-state index contributed by atoms with van der Waals surface area (Å²) in [5.41, 5.74) is 2.63. The van der Waals surface area contributed by atoms with Crippen LogP contribution in [-0.2, 0) is 12.8 Å². The number of hydrogen-bond acceptors (Lipinski definition) is 3. The van der Waals surface area contributed by atoms with Gasteiger partial charge in [0.1, 0.15) is 12.1 Å². The number of aryl methyl sites for hydroxylation is 1. The Morgan fingerprint density at radius 2 is 2.15 bits per heavy atom. The minimum Gasteiger partial charge on any atom is -0.367 e. The molecular formula is C10H13N3. The summed E-state index contributed by atoms with van der Waals surface area (Å²) >= 11 is 0. The number of hydrogen-bond donors (Lipinski definition) is 1. The molecule has 3 heteroatoms. The van der Waals surface area contributed by atoms with Crippen LogP contribution in [0, 0.1) is 0 Å². The van der Waals surface area contributed by atoms with Gasteiger partial charge in [0.15, 0.2) is 0 Å². The predicted octanol–water partition coefficient (Wildman–Crippen LogP) is 1.54. The molecule has 2 aliphatic rings. The highest BCUT2D eigenvalue weighted by molar-refractivity contribution is 5.49. The number of fused-ring (bicyclic) bond motifs is 1. The van der Waals surface area contributed by atoms with Crippen molar-refractivity contribution in [3.8, 4) is 0 Å². The molecule has 0 amide bonds. The number of aromatic nitrogens is 2. The maximum atomic E-state index is 4.31. The van der Waals surface area contributed by atoms with Gasteiger partial charge in [-0.3, -0.25) is 0 Å². The van der Waals surface area contributed by atoms with Crippen LogP contribution in [0.15, 0.2) is 6.33 Å². The van der Waals surface area contributed by atoms with Gasteiger partial charge in [-0.05, 0) is 32.1 Å². The van der Waals surface area contributed by atoms with E-state index in [2.05, 4.69) is 15.3 Å². The quantitative estimate of drug-likeness (QED) is 0.741. The van der Waals surface area contributed by atoms with Crippen LogP contribution in [0.3, 0.4) is 0 Å². The molecule has 0 radical (unpaired) electrons. The fourth-order valence-corrected chi connectivity index (χ4v) is 1.90. The molecule has 1 heterocycles. The summed E-state index contributed by atoms with van der Waals surface area (Å²) in [6.07, 6.45) is 7.84. The highest BCUT2D eigenvalue weighted by Crippen LogP contribution is 2.29. The second-order valence-corrected chi connectivity index (χ2v) is 3.92. The first-order chi connectivity index (χ1) is 6.43. The highest BCUT2D eigenvalue weighted by Gasteiger charge is 2.24. The summed E-state index contributed by atoms with van der Waals surface area (Å²) in [4.78, 5) is 8.60. The van der Waals surface area contributed by atoms with Crippen molar-refractivity contribution in [1.82, 2.24) is 9.97 Å².